The van der Waals surface area contributed by atoms with Gasteiger partial charge in [0.2, 0.25) is 0 Å². The lowest BCUT2D eigenvalue weighted by Gasteiger charge is -2.09. The smallest absolute Gasteiger partial charge is 0.330 e. The molecule has 0 aliphatic carbocycles. The van der Waals surface area contributed by atoms with Crippen LogP contribution in [0.15, 0.2) is 22.7 Å². The zero-order valence-electron chi connectivity index (χ0n) is 11.7. The van der Waals surface area contributed by atoms with E-state index in [1.165, 1.54) is 6.08 Å². The van der Waals surface area contributed by atoms with Crippen molar-refractivity contribution >= 4 is 33.7 Å². The topological polar surface area (TPSA) is 61.5 Å². The minimum absolute atomic E-state index is 0.342. The molecule has 106 valence electrons. The van der Waals surface area contributed by atoms with Crippen LogP contribution < -0.4 is 10.5 Å². The number of esters is 1. The Hall–Kier alpha value is -1.49. The number of methoxy groups -OCH3 is 1. The van der Waals surface area contributed by atoms with E-state index in [4.69, 9.17) is 15.2 Å². The van der Waals surface area contributed by atoms with Crippen LogP contribution in [0.3, 0.4) is 0 Å². The van der Waals surface area contributed by atoms with Crippen LogP contribution >= 0.6 is 15.9 Å². The van der Waals surface area contributed by atoms with Gasteiger partial charge in [0.25, 0.3) is 0 Å². The van der Waals surface area contributed by atoms with Crippen molar-refractivity contribution < 1.29 is 14.3 Å². The van der Waals surface area contributed by atoms with E-state index in [0.717, 1.165) is 4.47 Å². The number of anilines is 1. The average Bonchev–Trinajstić information content (AvgIpc) is 2.42. The molecule has 0 spiro atoms. The van der Waals surface area contributed by atoms with Gasteiger partial charge in [-0.1, -0.05) is 13.8 Å². The Bertz CT molecular complexity index is 445. The first-order valence-corrected chi connectivity index (χ1v) is 6.86. The average molecular weight is 330 g/mol. The van der Waals surface area contributed by atoms with Gasteiger partial charge in [0.05, 0.1) is 18.2 Å². The predicted octanol–water partition coefficient (Wildman–Crippen LogP) is 3.64. The molecule has 0 heterocycles. The molecule has 5 heteroatoms. The molecule has 1 aromatic rings. The van der Waals surface area contributed by atoms with Gasteiger partial charge in [-0.25, -0.2) is 4.79 Å². The molecule has 0 amide bonds. The zero-order chi connectivity index (χ0) is 14.8. The summed E-state index contributed by atoms with van der Waals surface area (Å²) in [6.45, 7) is 6.09. The molecule has 1 rings (SSSR count). The van der Waals surface area contributed by atoms with Gasteiger partial charge in [0.1, 0.15) is 5.75 Å². The summed E-state index contributed by atoms with van der Waals surface area (Å²) >= 11 is 3.35. The molecular formula is C14H20BrNO3. The molecule has 0 radical (unpaired) electrons. The molecule has 0 saturated carbocycles. The Labute approximate surface area is 122 Å². The molecule has 0 aromatic heterocycles. The van der Waals surface area contributed by atoms with Crippen LogP contribution in [0, 0.1) is 0 Å². The van der Waals surface area contributed by atoms with Crippen LogP contribution in [0.5, 0.6) is 5.75 Å². The van der Waals surface area contributed by atoms with Crippen LogP contribution in [-0.4, -0.2) is 19.7 Å². The van der Waals surface area contributed by atoms with E-state index in [1.54, 1.807) is 32.2 Å². The van der Waals surface area contributed by atoms with Gasteiger partial charge in [-0.05, 0) is 41.1 Å². The molecular weight excluding hydrogens is 310 g/mol. The molecule has 1 aromatic carbocycles. The number of halogens is 1. The summed E-state index contributed by atoms with van der Waals surface area (Å²) in [6, 6.07) is 3.52. The third-order valence-electron chi connectivity index (χ3n) is 2.06. The summed E-state index contributed by atoms with van der Waals surface area (Å²) in [7, 11) is 1.54. The second-order valence-corrected chi connectivity index (χ2v) is 4.02. The van der Waals surface area contributed by atoms with E-state index in [2.05, 4.69) is 15.9 Å². The summed E-state index contributed by atoms with van der Waals surface area (Å²) in [5.41, 5.74) is 7.00. The molecule has 0 aliphatic heterocycles. The van der Waals surface area contributed by atoms with Gasteiger partial charge in [-0.3, -0.25) is 0 Å². The molecule has 4 nitrogen and oxygen atoms in total. The van der Waals surface area contributed by atoms with Crippen molar-refractivity contribution in [3.05, 3.63) is 28.2 Å². The fraction of sp³-hybridized carbons (Fsp3) is 0.357. The van der Waals surface area contributed by atoms with E-state index in [9.17, 15) is 4.79 Å². The van der Waals surface area contributed by atoms with E-state index >= 15 is 0 Å². The number of nitrogen functional groups attached to an aromatic ring is 1. The van der Waals surface area contributed by atoms with Gasteiger partial charge in [-0.15, -0.1) is 0 Å². The highest BCUT2D eigenvalue weighted by molar-refractivity contribution is 9.10. The number of ether oxygens (including phenoxy) is 2. The van der Waals surface area contributed by atoms with E-state index in [0.29, 0.717) is 23.6 Å². The van der Waals surface area contributed by atoms with Crippen molar-refractivity contribution in [2.45, 2.75) is 20.8 Å². The Morgan fingerprint density at radius 3 is 2.58 bits per heavy atom. The van der Waals surface area contributed by atoms with E-state index in [-0.39, 0.29) is 0 Å². The number of rotatable bonds is 4. The van der Waals surface area contributed by atoms with Crippen LogP contribution in [0.4, 0.5) is 5.69 Å². The number of benzene rings is 1. The standard InChI is InChI=1S/C12H14BrNO3.C2H6/c1-3-17-11(15)7-4-8-10(14)6-5-9(13)12(8)16-2;1-2/h4-7H,3,14H2,1-2H3;1-2H3/b7-4+;. The lowest BCUT2D eigenvalue weighted by Crippen LogP contribution is -2.00. The Morgan fingerprint density at radius 1 is 1.42 bits per heavy atom. The van der Waals surface area contributed by atoms with Gasteiger partial charge < -0.3 is 15.2 Å². The first-order valence-electron chi connectivity index (χ1n) is 6.07. The minimum atomic E-state index is -0.408. The van der Waals surface area contributed by atoms with Gasteiger partial charge in [0, 0.05) is 17.3 Å². The first kappa shape index (κ1) is 17.5. The fourth-order valence-corrected chi connectivity index (χ4v) is 1.82. The number of hydrogen-bond donors (Lipinski definition) is 1. The SMILES string of the molecule is CC.CCOC(=O)/C=C/c1c(N)ccc(Br)c1OC. The Balaban J connectivity index is 0.00000154. The van der Waals surface area contributed by atoms with Gasteiger partial charge in [0.15, 0.2) is 0 Å². The van der Waals surface area contributed by atoms with Crippen LogP contribution in [0.25, 0.3) is 6.08 Å². The zero-order valence-corrected chi connectivity index (χ0v) is 13.3. The molecule has 2 N–H and O–H groups in total. The summed E-state index contributed by atoms with van der Waals surface area (Å²) in [6.07, 6.45) is 2.90. The lowest BCUT2D eigenvalue weighted by molar-refractivity contribution is -0.137. The van der Waals surface area contributed by atoms with Gasteiger partial charge >= 0.3 is 5.97 Å². The molecule has 0 atom stereocenters. The van der Waals surface area contributed by atoms with Crippen molar-refractivity contribution in [1.82, 2.24) is 0 Å². The molecule has 0 saturated heterocycles. The molecule has 0 aliphatic rings. The van der Waals surface area contributed by atoms with Crippen molar-refractivity contribution in [3.8, 4) is 5.75 Å². The number of carbonyl (C=O) groups excluding carboxylic acids is 1. The highest BCUT2D eigenvalue weighted by Crippen LogP contribution is 2.33. The van der Waals surface area contributed by atoms with Crippen molar-refractivity contribution in [2.75, 3.05) is 19.5 Å². The van der Waals surface area contributed by atoms with Crippen LogP contribution in [-0.2, 0) is 9.53 Å². The number of carbonyl (C=O) groups is 1. The fourth-order valence-electron chi connectivity index (χ4n) is 1.31. The predicted molar refractivity (Wildman–Crippen MR) is 82.1 cm³/mol. The Morgan fingerprint density at radius 2 is 2.05 bits per heavy atom. The maximum atomic E-state index is 11.2. The molecule has 19 heavy (non-hydrogen) atoms. The second kappa shape index (κ2) is 9.44. The molecule has 0 bridgehead atoms. The maximum Gasteiger partial charge on any atom is 0.330 e. The minimum Gasteiger partial charge on any atom is -0.495 e. The number of hydrogen-bond acceptors (Lipinski definition) is 4. The van der Waals surface area contributed by atoms with Crippen molar-refractivity contribution in [2.24, 2.45) is 0 Å². The quantitative estimate of drug-likeness (QED) is 0.520. The van der Waals surface area contributed by atoms with Crippen molar-refractivity contribution in [3.63, 3.8) is 0 Å². The van der Waals surface area contributed by atoms with Crippen molar-refractivity contribution in [1.29, 1.82) is 0 Å². The van der Waals surface area contributed by atoms with Gasteiger partial charge in [-0.2, -0.15) is 0 Å². The third kappa shape index (κ3) is 5.34. The molecule has 0 unspecified atom stereocenters. The summed E-state index contributed by atoms with van der Waals surface area (Å²) in [5.74, 6) is 0.180. The van der Waals surface area contributed by atoms with Crippen LogP contribution in [0.1, 0.15) is 26.3 Å². The van der Waals surface area contributed by atoms with E-state index < -0.39 is 5.97 Å². The third-order valence-corrected chi connectivity index (χ3v) is 2.68. The largest absolute Gasteiger partial charge is 0.495 e. The first-order chi connectivity index (χ1) is 9.10. The second-order valence-electron chi connectivity index (χ2n) is 3.17. The highest BCUT2D eigenvalue weighted by Gasteiger charge is 2.09. The summed E-state index contributed by atoms with van der Waals surface area (Å²) in [5, 5.41) is 0. The Kier molecular flexibility index (Phi) is 8.70. The van der Waals surface area contributed by atoms with E-state index in [1.807, 2.05) is 13.8 Å². The summed E-state index contributed by atoms with van der Waals surface area (Å²) in [4.78, 5) is 11.2. The summed E-state index contributed by atoms with van der Waals surface area (Å²) < 4.78 is 10.8. The maximum absolute atomic E-state index is 11.2. The number of nitrogens with two attached hydrogens (primary N) is 1. The normalized spacial score (nSPS) is 9.74. The monoisotopic (exact) mass is 329 g/mol. The molecule has 0 fully saturated rings. The lowest BCUT2D eigenvalue weighted by atomic mass is 10.1. The highest BCUT2D eigenvalue weighted by atomic mass is 79.9. The van der Waals surface area contributed by atoms with Crippen LogP contribution in [0.2, 0.25) is 0 Å².